The number of phenolic OH excluding ortho intramolecular Hbond substituents is 1. The molecule has 0 aliphatic carbocycles. The Balaban J connectivity index is 1.80. The molecule has 6 nitrogen and oxygen atoms in total. The first-order chi connectivity index (χ1) is 14.9. The SMILES string of the molecule is CCN(CC)CCCN1C(=O)c2oc3ccc(Cl)cc3c(=O)c2C1c1ccc(O)cc1. The lowest BCUT2D eigenvalue weighted by atomic mass is 9.98. The average Bonchev–Trinajstić information content (AvgIpc) is 3.04. The van der Waals surface area contributed by atoms with E-state index in [1.54, 1.807) is 47.4 Å². The molecule has 1 aromatic heterocycles. The van der Waals surface area contributed by atoms with Crippen LogP contribution in [-0.4, -0.2) is 47.0 Å². The summed E-state index contributed by atoms with van der Waals surface area (Å²) in [5, 5.41) is 10.5. The first-order valence-corrected chi connectivity index (χ1v) is 10.9. The Hall–Kier alpha value is -2.83. The van der Waals surface area contributed by atoms with E-state index in [0.29, 0.717) is 28.1 Å². The van der Waals surface area contributed by atoms with Gasteiger partial charge in [0.2, 0.25) is 5.76 Å². The molecule has 2 heterocycles. The highest BCUT2D eigenvalue weighted by molar-refractivity contribution is 6.31. The van der Waals surface area contributed by atoms with Gasteiger partial charge in [0.1, 0.15) is 11.3 Å². The molecule has 1 aliphatic heterocycles. The number of fused-ring (bicyclic) bond motifs is 2. The fourth-order valence-electron chi connectivity index (χ4n) is 4.23. The zero-order valence-corrected chi connectivity index (χ0v) is 18.4. The third-order valence-electron chi connectivity index (χ3n) is 5.90. The minimum Gasteiger partial charge on any atom is -0.508 e. The highest BCUT2D eigenvalue weighted by Gasteiger charge is 2.42. The summed E-state index contributed by atoms with van der Waals surface area (Å²) in [5.41, 5.74) is 1.17. The van der Waals surface area contributed by atoms with Crippen molar-refractivity contribution >= 4 is 28.5 Å². The number of carbonyl (C=O) groups is 1. The van der Waals surface area contributed by atoms with Gasteiger partial charge in [-0.3, -0.25) is 9.59 Å². The molecule has 3 aromatic rings. The molecular formula is C24H25ClN2O4. The second kappa shape index (κ2) is 8.73. The van der Waals surface area contributed by atoms with Crippen molar-refractivity contribution in [2.24, 2.45) is 0 Å². The second-order valence-corrected chi connectivity index (χ2v) is 8.12. The predicted octanol–water partition coefficient (Wildman–Crippen LogP) is 4.43. The Bertz CT molecular complexity index is 1170. The molecule has 1 N–H and O–H groups in total. The Labute approximate surface area is 185 Å². The summed E-state index contributed by atoms with van der Waals surface area (Å²) >= 11 is 6.11. The summed E-state index contributed by atoms with van der Waals surface area (Å²) < 4.78 is 5.92. The normalized spacial score (nSPS) is 15.8. The maximum Gasteiger partial charge on any atom is 0.290 e. The van der Waals surface area contributed by atoms with Crippen LogP contribution in [0, 0.1) is 0 Å². The number of rotatable bonds is 7. The lowest BCUT2D eigenvalue weighted by Crippen LogP contribution is -2.33. The van der Waals surface area contributed by atoms with Gasteiger partial charge in [-0.1, -0.05) is 37.6 Å². The predicted molar refractivity (Wildman–Crippen MR) is 121 cm³/mol. The van der Waals surface area contributed by atoms with Gasteiger partial charge in [0.05, 0.1) is 17.0 Å². The van der Waals surface area contributed by atoms with Crippen molar-refractivity contribution in [1.82, 2.24) is 9.80 Å². The highest BCUT2D eigenvalue weighted by atomic mass is 35.5. The molecule has 1 unspecified atom stereocenters. The van der Waals surface area contributed by atoms with Crippen LogP contribution >= 0.6 is 11.6 Å². The number of benzene rings is 2. The lowest BCUT2D eigenvalue weighted by Gasteiger charge is -2.26. The first kappa shape index (κ1) is 21.4. The molecular weight excluding hydrogens is 416 g/mol. The number of phenols is 1. The van der Waals surface area contributed by atoms with E-state index in [2.05, 4.69) is 18.7 Å². The van der Waals surface area contributed by atoms with Crippen molar-refractivity contribution < 1.29 is 14.3 Å². The molecule has 0 spiro atoms. The molecule has 4 rings (SSSR count). The second-order valence-electron chi connectivity index (χ2n) is 7.69. The van der Waals surface area contributed by atoms with Gasteiger partial charge in [0.15, 0.2) is 5.43 Å². The topological polar surface area (TPSA) is 74.0 Å². The lowest BCUT2D eigenvalue weighted by molar-refractivity contribution is 0.0720. The van der Waals surface area contributed by atoms with E-state index in [1.807, 2.05) is 0 Å². The molecule has 0 fully saturated rings. The quantitative estimate of drug-likeness (QED) is 0.588. The molecule has 7 heteroatoms. The zero-order chi connectivity index (χ0) is 22.1. The molecule has 31 heavy (non-hydrogen) atoms. The van der Waals surface area contributed by atoms with Crippen LogP contribution in [0.3, 0.4) is 0 Å². The van der Waals surface area contributed by atoms with Gasteiger partial charge in [0.25, 0.3) is 5.91 Å². The third-order valence-corrected chi connectivity index (χ3v) is 6.14. The standard InChI is InChI=1S/C24H25ClN2O4/c1-3-26(4-2)12-5-13-27-21(15-6-9-17(28)10-7-15)20-22(29)18-14-16(25)8-11-19(18)31-23(20)24(27)30/h6-11,14,21,28H,3-5,12-13H2,1-2H3. The van der Waals surface area contributed by atoms with Gasteiger partial charge in [-0.15, -0.1) is 0 Å². The van der Waals surface area contributed by atoms with Crippen molar-refractivity contribution in [3.63, 3.8) is 0 Å². The van der Waals surface area contributed by atoms with E-state index in [4.69, 9.17) is 16.0 Å². The fourth-order valence-corrected chi connectivity index (χ4v) is 4.40. The number of aromatic hydroxyl groups is 1. The molecule has 1 amide bonds. The number of hydrogen-bond acceptors (Lipinski definition) is 5. The third kappa shape index (κ3) is 3.93. The van der Waals surface area contributed by atoms with E-state index in [0.717, 1.165) is 31.6 Å². The number of hydrogen-bond donors (Lipinski definition) is 1. The average molecular weight is 441 g/mol. The molecule has 0 saturated heterocycles. The van der Waals surface area contributed by atoms with Gasteiger partial charge < -0.3 is 19.3 Å². The smallest absolute Gasteiger partial charge is 0.290 e. The summed E-state index contributed by atoms with van der Waals surface area (Å²) in [5.74, 6) is -0.0824. The summed E-state index contributed by atoms with van der Waals surface area (Å²) in [6, 6.07) is 10.9. The van der Waals surface area contributed by atoms with Crippen molar-refractivity contribution in [2.45, 2.75) is 26.3 Å². The Morgan fingerprint density at radius 2 is 1.81 bits per heavy atom. The number of carbonyl (C=O) groups excluding carboxylic acids is 1. The largest absolute Gasteiger partial charge is 0.508 e. The number of amides is 1. The van der Waals surface area contributed by atoms with Gasteiger partial charge in [0, 0.05) is 11.6 Å². The van der Waals surface area contributed by atoms with Crippen molar-refractivity contribution in [3.8, 4) is 5.75 Å². The molecule has 1 aliphatic rings. The van der Waals surface area contributed by atoms with Crippen LogP contribution in [0.2, 0.25) is 5.02 Å². The molecule has 162 valence electrons. The van der Waals surface area contributed by atoms with Crippen LogP contribution in [-0.2, 0) is 0 Å². The maximum absolute atomic E-state index is 13.4. The molecule has 2 aromatic carbocycles. The van der Waals surface area contributed by atoms with Gasteiger partial charge in [-0.2, -0.15) is 0 Å². The number of nitrogens with zero attached hydrogens (tertiary/aromatic N) is 2. The molecule has 0 radical (unpaired) electrons. The Morgan fingerprint density at radius 1 is 1.10 bits per heavy atom. The summed E-state index contributed by atoms with van der Waals surface area (Å²) in [7, 11) is 0. The highest BCUT2D eigenvalue weighted by Crippen LogP contribution is 2.38. The Morgan fingerprint density at radius 3 is 2.48 bits per heavy atom. The van der Waals surface area contributed by atoms with Gasteiger partial charge in [-0.05, 0) is 62.0 Å². The minimum atomic E-state index is -0.570. The van der Waals surface area contributed by atoms with E-state index < -0.39 is 6.04 Å². The fraction of sp³-hybridized carbons (Fsp3) is 0.333. The van der Waals surface area contributed by atoms with E-state index in [1.165, 1.54) is 0 Å². The summed E-state index contributed by atoms with van der Waals surface area (Å²) in [6.45, 7) is 7.45. The van der Waals surface area contributed by atoms with E-state index >= 15 is 0 Å². The Kier molecular flexibility index (Phi) is 6.03. The van der Waals surface area contributed by atoms with Gasteiger partial charge >= 0.3 is 0 Å². The van der Waals surface area contributed by atoms with Crippen LogP contribution < -0.4 is 5.43 Å². The summed E-state index contributed by atoms with van der Waals surface area (Å²) in [4.78, 5) is 30.8. The van der Waals surface area contributed by atoms with E-state index in [-0.39, 0.29) is 22.8 Å². The van der Waals surface area contributed by atoms with Crippen LogP contribution in [0.15, 0.2) is 51.7 Å². The van der Waals surface area contributed by atoms with Crippen molar-refractivity contribution in [2.75, 3.05) is 26.2 Å². The maximum atomic E-state index is 13.4. The van der Waals surface area contributed by atoms with E-state index in [9.17, 15) is 14.7 Å². The molecule has 0 saturated carbocycles. The first-order valence-electron chi connectivity index (χ1n) is 10.5. The monoisotopic (exact) mass is 440 g/mol. The van der Waals surface area contributed by atoms with Crippen LogP contribution in [0.5, 0.6) is 5.75 Å². The van der Waals surface area contributed by atoms with Gasteiger partial charge in [-0.25, -0.2) is 0 Å². The van der Waals surface area contributed by atoms with Crippen molar-refractivity contribution in [1.29, 1.82) is 0 Å². The van der Waals surface area contributed by atoms with Crippen molar-refractivity contribution in [3.05, 3.63) is 74.6 Å². The minimum absolute atomic E-state index is 0.0840. The van der Waals surface area contributed by atoms with Crippen LogP contribution in [0.25, 0.3) is 11.0 Å². The molecule has 1 atom stereocenters. The van der Waals surface area contributed by atoms with Crippen LogP contribution in [0.1, 0.15) is 48.0 Å². The summed E-state index contributed by atoms with van der Waals surface area (Å²) in [6.07, 6.45) is 0.773. The number of halogens is 1. The van der Waals surface area contributed by atoms with Crippen LogP contribution in [0.4, 0.5) is 0 Å². The zero-order valence-electron chi connectivity index (χ0n) is 17.6. The molecule has 0 bridgehead atoms.